The first-order valence-electron chi connectivity index (χ1n) is 8.83. The van der Waals surface area contributed by atoms with Crippen molar-refractivity contribution in [1.29, 1.82) is 0 Å². The van der Waals surface area contributed by atoms with E-state index in [1.165, 1.54) is 11.3 Å². The molecule has 2 atom stereocenters. The summed E-state index contributed by atoms with van der Waals surface area (Å²) < 4.78 is 5.98. The van der Waals surface area contributed by atoms with E-state index in [1.54, 1.807) is 6.20 Å². The third-order valence-corrected chi connectivity index (χ3v) is 5.66. The van der Waals surface area contributed by atoms with Crippen LogP contribution in [0.2, 0.25) is 0 Å². The van der Waals surface area contributed by atoms with Gasteiger partial charge in [0.15, 0.2) is 0 Å². The van der Waals surface area contributed by atoms with Gasteiger partial charge >= 0.3 is 0 Å². The highest BCUT2D eigenvalue weighted by molar-refractivity contribution is 7.13. The number of carbonyl (C=O) groups excluding carboxylic acids is 1. The van der Waals surface area contributed by atoms with Crippen LogP contribution in [-0.4, -0.2) is 41.7 Å². The Bertz CT molecular complexity index is 748. The molecule has 2 N–H and O–H groups in total. The third kappa shape index (κ3) is 3.99. The predicted molar refractivity (Wildman–Crippen MR) is 97.9 cm³/mol. The van der Waals surface area contributed by atoms with Crippen molar-refractivity contribution in [3.05, 3.63) is 29.4 Å². The van der Waals surface area contributed by atoms with Crippen molar-refractivity contribution in [3.8, 4) is 10.6 Å². The van der Waals surface area contributed by atoms with E-state index >= 15 is 0 Å². The molecule has 0 radical (unpaired) electrons. The molecule has 0 spiro atoms. The molecule has 3 heterocycles. The van der Waals surface area contributed by atoms with Gasteiger partial charge in [-0.2, -0.15) is 0 Å². The Morgan fingerprint density at radius 1 is 1.28 bits per heavy atom. The van der Waals surface area contributed by atoms with Gasteiger partial charge in [0.25, 0.3) is 5.91 Å². The van der Waals surface area contributed by atoms with Crippen LogP contribution < -0.4 is 10.6 Å². The molecule has 0 saturated heterocycles. The van der Waals surface area contributed by atoms with Crippen molar-refractivity contribution < 1.29 is 9.53 Å². The van der Waals surface area contributed by atoms with E-state index in [9.17, 15) is 4.79 Å². The first-order chi connectivity index (χ1) is 12.3. The Hall–Kier alpha value is -1.99. The lowest BCUT2D eigenvalue weighted by molar-refractivity contribution is 0.0552. The molecule has 1 unspecified atom stereocenters. The summed E-state index contributed by atoms with van der Waals surface area (Å²) >= 11 is 1.49. The van der Waals surface area contributed by atoms with Gasteiger partial charge in [0.05, 0.1) is 6.10 Å². The highest BCUT2D eigenvalue weighted by Crippen LogP contribution is 2.28. The second-order valence-corrected chi connectivity index (χ2v) is 7.49. The lowest BCUT2D eigenvalue weighted by Gasteiger charge is -2.13. The second-order valence-electron chi connectivity index (χ2n) is 6.63. The molecule has 1 saturated carbocycles. The molecule has 25 heavy (non-hydrogen) atoms. The van der Waals surface area contributed by atoms with E-state index in [0.717, 1.165) is 55.2 Å². The fourth-order valence-corrected chi connectivity index (χ4v) is 4.20. The molecule has 2 aromatic heterocycles. The molecule has 0 aromatic carbocycles. The van der Waals surface area contributed by atoms with Gasteiger partial charge in [0.2, 0.25) is 0 Å². The van der Waals surface area contributed by atoms with Crippen molar-refractivity contribution in [2.24, 2.45) is 5.92 Å². The van der Waals surface area contributed by atoms with Crippen LogP contribution in [0.5, 0.6) is 0 Å². The van der Waals surface area contributed by atoms with Gasteiger partial charge in [-0.1, -0.05) is 0 Å². The van der Waals surface area contributed by atoms with E-state index in [4.69, 9.17) is 4.74 Å². The maximum atomic E-state index is 12.4. The Labute approximate surface area is 151 Å². The average molecular weight is 358 g/mol. The van der Waals surface area contributed by atoms with E-state index in [2.05, 4.69) is 20.6 Å². The fourth-order valence-electron chi connectivity index (χ4n) is 3.40. The van der Waals surface area contributed by atoms with Crippen LogP contribution in [0.15, 0.2) is 23.7 Å². The number of amides is 1. The average Bonchev–Trinajstić information content (AvgIpc) is 3.29. The molecule has 1 fully saturated rings. The minimum absolute atomic E-state index is 0.0939. The number of rotatable bonds is 0. The Balaban J connectivity index is 1.55. The molecule has 1 amide bonds. The minimum Gasteiger partial charge on any atom is -0.378 e. The van der Waals surface area contributed by atoms with Crippen molar-refractivity contribution in [3.63, 3.8) is 0 Å². The lowest BCUT2D eigenvalue weighted by atomic mass is 10.1. The maximum Gasteiger partial charge on any atom is 0.270 e. The van der Waals surface area contributed by atoms with Gasteiger partial charge in [-0.3, -0.25) is 4.79 Å². The molecule has 132 valence electrons. The quantitative estimate of drug-likeness (QED) is 0.757. The first kappa shape index (κ1) is 16.5. The summed E-state index contributed by atoms with van der Waals surface area (Å²) in [4.78, 5) is 21.2. The van der Waals surface area contributed by atoms with Crippen LogP contribution >= 0.6 is 11.3 Å². The van der Waals surface area contributed by atoms with Crippen molar-refractivity contribution in [1.82, 2.24) is 15.3 Å². The number of thiazole rings is 1. The summed E-state index contributed by atoms with van der Waals surface area (Å²) in [5.74, 6) is 1.23. The largest absolute Gasteiger partial charge is 0.378 e. The van der Waals surface area contributed by atoms with Crippen LogP contribution in [-0.2, 0) is 4.74 Å². The lowest BCUT2D eigenvalue weighted by Crippen LogP contribution is -2.29. The molecule has 6 bridgehead atoms. The number of aromatic nitrogens is 2. The normalized spacial score (nSPS) is 24.2. The maximum absolute atomic E-state index is 12.4. The molecule has 1 aliphatic carbocycles. The van der Waals surface area contributed by atoms with E-state index < -0.39 is 0 Å². The first-order valence-corrected chi connectivity index (χ1v) is 9.71. The molecule has 6 nitrogen and oxygen atoms in total. The van der Waals surface area contributed by atoms with E-state index in [0.29, 0.717) is 24.3 Å². The van der Waals surface area contributed by atoms with E-state index in [-0.39, 0.29) is 5.91 Å². The monoisotopic (exact) mass is 358 g/mol. The van der Waals surface area contributed by atoms with Gasteiger partial charge in [0, 0.05) is 36.8 Å². The number of carbonyl (C=O) groups is 1. The minimum atomic E-state index is -0.0939. The number of ether oxygens (including phenoxy) is 1. The molecule has 2 aromatic rings. The Kier molecular flexibility index (Phi) is 4.94. The molecule has 7 heteroatoms. The topological polar surface area (TPSA) is 76.1 Å². The van der Waals surface area contributed by atoms with Crippen molar-refractivity contribution >= 4 is 23.1 Å². The van der Waals surface area contributed by atoms with Crippen molar-refractivity contribution in [2.45, 2.75) is 31.8 Å². The Morgan fingerprint density at radius 3 is 3.20 bits per heavy atom. The Morgan fingerprint density at radius 2 is 2.24 bits per heavy atom. The highest BCUT2D eigenvalue weighted by atomic mass is 32.1. The summed E-state index contributed by atoms with van der Waals surface area (Å²) in [6.07, 6.45) is 6.26. The highest BCUT2D eigenvalue weighted by Gasteiger charge is 2.26. The number of nitrogens with one attached hydrogen (secondary N) is 2. The number of pyridine rings is 1. The van der Waals surface area contributed by atoms with E-state index in [1.807, 2.05) is 17.5 Å². The van der Waals surface area contributed by atoms with Crippen LogP contribution in [0, 0.1) is 5.92 Å². The summed E-state index contributed by atoms with van der Waals surface area (Å²) in [6, 6.07) is 3.89. The zero-order chi connectivity index (χ0) is 17.1. The number of fused-ring (bicyclic) bond motifs is 7. The summed E-state index contributed by atoms with van der Waals surface area (Å²) in [6.45, 7) is 2.29. The number of hydrogen-bond donors (Lipinski definition) is 2. The van der Waals surface area contributed by atoms with Crippen molar-refractivity contribution in [2.75, 3.05) is 25.0 Å². The van der Waals surface area contributed by atoms with Gasteiger partial charge in [0.1, 0.15) is 16.5 Å². The van der Waals surface area contributed by atoms with Crippen LogP contribution in [0.3, 0.4) is 0 Å². The fraction of sp³-hybridized carbons (Fsp3) is 0.500. The van der Waals surface area contributed by atoms with Gasteiger partial charge in [-0.05, 0) is 43.7 Å². The standard InChI is InChI=1S/C18H22N4O2S/c23-17-15-11-25-18(22-15)13-4-6-20-16(9-13)19-5-1-7-24-14-3-2-12(8-14)10-21-17/h4,6,9,11-12,14H,1-3,5,7-8,10H2,(H,19,20)(H,21,23)/t12?,14-/m0/s1. The number of hydrogen-bond acceptors (Lipinski definition) is 6. The molecule has 2 aliphatic rings. The summed E-state index contributed by atoms with van der Waals surface area (Å²) in [5.41, 5.74) is 1.46. The van der Waals surface area contributed by atoms with Crippen LogP contribution in [0.25, 0.3) is 10.6 Å². The van der Waals surface area contributed by atoms with Crippen LogP contribution in [0.4, 0.5) is 5.82 Å². The number of anilines is 1. The molecular formula is C18H22N4O2S. The zero-order valence-electron chi connectivity index (χ0n) is 14.0. The number of nitrogens with zero attached hydrogens (tertiary/aromatic N) is 2. The molecule has 4 rings (SSSR count). The summed E-state index contributed by atoms with van der Waals surface area (Å²) in [7, 11) is 0. The molecule has 1 aliphatic heterocycles. The smallest absolute Gasteiger partial charge is 0.270 e. The predicted octanol–water partition coefficient (Wildman–Crippen LogP) is 2.94. The SMILES string of the molecule is O=C1NCC2CC[C@@H](C2)OCCCNc2cc(ccn2)-c2nc1cs2. The second kappa shape index (κ2) is 7.49. The third-order valence-electron chi connectivity index (χ3n) is 4.77. The van der Waals surface area contributed by atoms with Crippen LogP contribution in [0.1, 0.15) is 36.2 Å². The molecular weight excluding hydrogens is 336 g/mol. The zero-order valence-corrected chi connectivity index (χ0v) is 14.8. The summed E-state index contributed by atoms with van der Waals surface area (Å²) in [5, 5.41) is 9.03. The van der Waals surface area contributed by atoms with Gasteiger partial charge in [-0.15, -0.1) is 11.3 Å². The van der Waals surface area contributed by atoms with Gasteiger partial charge < -0.3 is 15.4 Å². The van der Waals surface area contributed by atoms with Gasteiger partial charge in [-0.25, -0.2) is 9.97 Å².